The highest BCUT2D eigenvalue weighted by atomic mass is 16.5. The van der Waals surface area contributed by atoms with Crippen LogP contribution < -0.4 is 5.73 Å². The Kier molecular flexibility index (Phi) is 4.39. The minimum absolute atomic E-state index is 0.183. The van der Waals surface area contributed by atoms with Crippen LogP contribution in [-0.2, 0) is 4.74 Å². The molecule has 0 spiro atoms. The van der Waals surface area contributed by atoms with Crippen molar-refractivity contribution in [1.82, 2.24) is 0 Å². The third-order valence-electron chi connectivity index (χ3n) is 2.90. The van der Waals surface area contributed by atoms with Gasteiger partial charge in [-0.2, -0.15) is 0 Å². The molecule has 0 saturated heterocycles. The number of hydrogen-bond donors (Lipinski definition) is 1. The fourth-order valence-electron chi connectivity index (χ4n) is 1.95. The van der Waals surface area contributed by atoms with E-state index in [0.29, 0.717) is 12.7 Å². The van der Waals surface area contributed by atoms with E-state index in [9.17, 15) is 0 Å². The average molecular weight is 199 g/mol. The fraction of sp³-hybridized carbons (Fsp3) is 1.00. The van der Waals surface area contributed by atoms with E-state index in [1.54, 1.807) is 0 Å². The van der Waals surface area contributed by atoms with E-state index in [0.717, 1.165) is 5.92 Å². The number of ether oxygens (including phenoxy) is 1. The van der Waals surface area contributed by atoms with Crippen LogP contribution in [-0.4, -0.2) is 18.2 Å². The van der Waals surface area contributed by atoms with E-state index in [4.69, 9.17) is 10.5 Å². The van der Waals surface area contributed by atoms with Crippen LogP contribution in [0.1, 0.15) is 52.9 Å². The Morgan fingerprint density at radius 3 is 2.57 bits per heavy atom. The van der Waals surface area contributed by atoms with Crippen LogP contribution in [0.3, 0.4) is 0 Å². The van der Waals surface area contributed by atoms with Crippen LogP contribution in [0.2, 0.25) is 0 Å². The van der Waals surface area contributed by atoms with Crippen molar-refractivity contribution in [3.63, 3.8) is 0 Å². The SMILES string of the molecule is CC1CCCC(OCC(C)(C)N)CC1. The summed E-state index contributed by atoms with van der Waals surface area (Å²) in [6.07, 6.45) is 6.90. The van der Waals surface area contributed by atoms with Crippen molar-refractivity contribution in [2.24, 2.45) is 11.7 Å². The van der Waals surface area contributed by atoms with Crippen LogP contribution >= 0.6 is 0 Å². The Morgan fingerprint density at radius 1 is 1.21 bits per heavy atom. The van der Waals surface area contributed by atoms with Crippen molar-refractivity contribution in [3.8, 4) is 0 Å². The van der Waals surface area contributed by atoms with Crippen molar-refractivity contribution in [2.45, 2.75) is 64.5 Å². The molecular weight excluding hydrogens is 174 g/mol. The third kappa shape index (κ3) is 4.97. The van der Waals surface area contributed by atoms with Crippen molar-refractivity contribution >= 4 is 0 Å². The Labute approximate surface area is 88.2 Å². The molecule has 2 N–H and O–H groups in total. The average Bonchev–Trinajstić information content (AvgIpc) is 2.25. The predicted molar refractivity (Wildman–Crippen MR) is 60.3 cm³/mol. The minimum atomic E-state index is -0.183. The van der Waals surface area contributed by atoms with E-state index >= 15 is 0 Å². The van der Waals surface area contributed by atoms with Crippen molar-refractivity contribution < 1.29 is 4.74 Å². The van der Waals surface area contributed by atoms with Crippen LogP contribution in [0.15, 0.2) is 0 Å². The first-order valence-electron chi connectivity index (χ1n) is 5.88. The zero-order chi connectivity index (χ0) is 10.6. The molecule has 2 unspecified atom stereocenters. The highest BCUT2D eigenvalue weighted by Crippen LogP contribution is 2.24. The van der Waals surface area contributed by atoms with Gasteiger partial charge in [0.1, 0.15) is 0 Å². The zero-order valence-electron chi connectivity index (χ0n) is 9.88. The largest absolute Gasteiger partial charge is 0.376 e. The van der Waals surface area contributed by atoms with Gasteiger partial charge in [-0.15, -0.1) is 0 Å². The van der Waals surface area contributed by atoms with Crippen molar-refractivity contribution in [2.75, 3.05) is 6.61 Å². The monoisotopic (exact) mass is 199 g/mol. The van der Waals surface area contributed by atoms with Gasteiger partial charge in [0.15, 0.2) is 0 Å². The maximum absolute atomic E-state index is 5.89. The molecule has 0 aromatic carbocycles. The summed E-state index contributed by atoms with van der Waals surface area (Å²) in [5.74, 6) is 0.884. The van der Waals surface area contributed by atoms with Gasteiger partial charge >= 0.3 is 0 Å². The second kappa shape index (κ2) is 5.13. The Morgan fingerprint density at radius 2 is 1.93 bits per heavy atom. The van der Waals surface area contributed by atoms with Gasteiger partial charge in [0.05, 0.1) is 12.7 Å². The Balaban J connectivity index is 2.24. The smallest absolute Gasteiger partial charge is 0.0644 e. The molecule has 84 valence electrons. The molecule has 1 aliphatic carbocycles. The number of nitrogens with two attached hydrogens (primary N) is 1. The van der Waals surface area contributed by atoms with Crippen LogP contribution in [0.25, 0.3) is 0 Å². The lowest BCUT2D eigenvalue weighted by molar-refractivity contribution is 0.0187. The molecule has 1 fully saturated rings. The van der Waals surface area contributed by atoms with Crippen molar-refractivity contribution in [3.05, 3.63) is 0 Å². The fourth-order valence-corrected chi connectivity index (χ4v) is 1.95. The summed E-state index contributed by atoms with van der Waals surface area (Å²) in [4.78, 5) is 0. The van der Waals surface area contributed by atoms with Gasteiger partial charge in [-0.25, -0.2) is 0 Å². The Bertz CT molecular complexity index is 162. The van der Waals surface area contributed by atoms with E-state index in [2.05, 4.69) is 6.92 Å². The van der Waals surface area contributed by atoms with E-state index in [1.165, 1.54) is 32.1 Å². The van der Waals surface area contributed by atoms with Gasteiger partial charge in [0.2, 0.25) is 0 Å². The molecule has 0 radical (unpaired) electrons. The molecule has 0 aromatic rings. The first-order chi connectivity index (χ1) is 6.47. The van der Waals surface area contributed by atoms with Crippen molar-refractivity contribution in [1.29, 1.82) is 0 Å². The molecular formula is C12H25NO. The maximum atomic E-state index is 5.89. The molecule has 2 nitrogen and oxygen atoms in total. The molecule has 0 aliphatic heterocycles. The molecule has 1 rings (SSSR count). The first kappa shape index (κ1) is 12.0. The number of hydrogen-bond acceptors (Lipinski definition) is 2. The van der Waals surface area contributed by atoms with Gasteiger partial charge in [-0.3, -0.25) is 0 Å². The van der Waals surface area contributed by atoms with Crippen LogP contribution in [0, 0.1) is 5.92 Å². The molecule has 0 amide bonds. The molecule has 0 heterocycles. The van der Waals surface area contributed by atoms with E-state index in [1.807, 2.05) is 13.8 Å². The van der Waals surface area contributed by atoms with Crippen LogP contribution in [0.5, 0.6) is 0 Å². The lowest BCUT2D eigenvalue weighted by Crippen LogP contribution is -2.39. The minimum Gasteiger partial charge on any atom is -0.376 e. The van der Waals surface area contributed by atoms with Crippen LogP contribution in [0.4, 0.5) is 0 Å². The van der Waals surface area contributed by atoms with Gasteiger partial charge in [-0.05, 0) is 39.0 Å². The second-order valence-electron chi connectivity index (χ2n) is 5.54. The van der Waals surface area contributed by atoms with Gasteiger partial charge in [-0.1, -0.05) is 19.8 Å². The highest BCUT2D eigenvalue weighted by molar-refractivity contribution is 4.73. The molecule has 1 saturated carbocycles. The molecule has 2 atom stereocenters. The van der Waals surface area contributed by atoms with Gasteiger partial charge in [0.25, 0.3) is 0 Å². The summed E-state index contributed by atoms with van der Waals surface area (Å²) >= 11 is 0. The predicted octanol–water partition coefficient (Wildman–Crippen LogP) is 2.71. The highest BCUT2D eigenvalue weighted by Gasteiger charge is 2.19. The van der Waals surface area contributed by atoms with Gasteiger partial charge in [0, 0.05) is 5.54 Å². The van der Waals surface area contributed by atoms with Gasteiger partial charge < -0.3 is 10.5 Å². The second-order valence-corrected chi connectivity index (χ2v) is 5.54. The molecule has 2 heteroatoms. The zero-order valence-corrected chi connectivity index (χ0v) is 9.88. The molecule has 1 aliphatic rings. The summed E-state index contributed by atoms with van der Waals surface area (Å²) < 4.78 is 5.85. The molecule has 14 heavy (non-hydrogen) atoms. The third-order valence-corrected chi connectivity index (χ3v) is 2.90. The normalized spacial score (nSPS) is 30.0. The lowest BCUT2D eigenvalue weighted by atomic mass is 10.0. The Hall–Kier alpha value is -0.0800. The standard InChI is InChI=1S/C12H25NO/c1-10-5-4-6-11(8-7-10)14-9-12(2,3)13/h10-11H,4-9,13H2,1-3H3. The summed E-state index contributed by atoms with van der Waals surface area (Å²) in [5.41, 5.74) is 5.71. The summed E-state index contributed by atoms with van der Waals surface area (Å²) in [6.45, 7) is 7.07. The summed E-state index contributed by atoms with van der Waals surface area (Å²) in [7, 11) is 0. The topological polar surface area (TPSA) is 35.2 Å². The molecule has 0 bridgehead atoms. The summed E-state index contributed by atoms with van der Waals surface area (Å²) in [6, 6.07) is 0. The quantitative estimate of drug-likeness (QED) is 0.709. The van der Waals surface area contributed by atoms with E-state index < -0.39 is 0 Å². The maximum Gasteiger partial charge on any atom is 0.0644 e. The lowest BCUT2D eigenvalue weighted by Gasteiger charge is -2.23. The first-order valence-corrected chi connectivity index (χ1v) is 5.88. The number of rotatable bonds is 3. The van der Waals surface area contributed by atoms with E-state index in [-0.39, 0.29) is 5.54 Å². The molecule has 0 aromatic heterocycles. The summed E-state index contributed by atoms with van der Waals surface area (Å²) in [5, 5.41) is 0.